The summed E-state index contributed by atoms with van der Waals surface area (Å²) in [5.74, 6) is 1.45. The predicted octanol–water partition coefficient (Wildman–Crippen LogP) is 1.72. The molecule has 1 aromatic rings. The fourth-order valence-electron chi connectivity index (χ4n) is 1.29. The van der Waals surface area contributed by atoms with Gasteiger partial charge in [0.1, 0.15) is 5.75 Å². The number of thioether (sulfide) groups is 1. The van der Waals surface area contributed by atoms with Crippen LogP contribution in [0.3, 0.4) is 0 Å². The lowest BCUT2D eigenvalue weighted by molar-refractivity contribution is 0.208. The van der Waals surface area contributed by atoms with Crippen molar-refractivity contribution >= 4 is 11.8 Å². The summed E-state index contributed by atoms with van der Waals surface area (Å²) in [6.07, 6.45) is -0.462. The lowest BCUT2D eigenvalue weighted by Crippen LogP contribution is -2.21. The standard InChI is InChI=1S/C12H19NO2S/c1-8-4-11(15-3)12(5-9(8)2)16-7-10(14)6-13/h4-5,10,14H,6-7,13H2,1-3H3. The first-order valence-electron chi connectivity index (χ1n) is 5.24. The Bertz CT molecular complexity index is 355. The number of hydrogen-bond donors (Lipinski definition) is 2. The molecule has 3 N–H and O–H groups in total. The number of ether oxygens (including phenoxy) is 1. The average molecular weight is 241 g/mol. The van der Waals surface area contributed by atoms with Crippen LogP contribution in [0.2, 0.25) is 0 Å². The van der Waals surface area contributed by atoms with E-state index >= 15 is 0 Å². The highest BCUT2D eigenvalue weighted by Crippen LogP contribution is 2.32. The van der Waals surface area contributed by atoms with Crippen molar-refractivity contribution in [3.63, 3.8) is 0 Å². The molecule has 0 aliphatic rings. The highest BCUT2D eigenvalue weighted by molar-refractivity contribution is 7.99. The first kappa shape index (κ1) is 13.4. The Morgan fingerprint density at radius 2 is 2.00 bits per heavy atom. The predicted molar refractivity (Wildman–Crippen MR) is 68.3 cm³/mol. The topological polar surface area (TPSA) is 55.5 Å². The minimum absolute atomic E-state index is 0.292. The molecule has 3 nitrogen and oxygen atoms in total. The fraction of sp³-hybridized carbons (Fsp3) is 0.500. The van der Waals surface area contributed by atoms with Gasteiger partial charge in [-0.3, -0.25) is 0 Å². The summed E-state index contributed by atoms with van der Waals surface area (Å²) in [5.41, 5.74) is 7.80. The molecule has 0 bridgehead atoms. The van der Waals surface area contributed by atoms with Crippen molar-refractivity contribution in [2.75, 3.05) is 19.4 Å². The van der Waals surface area contributed by atoms with E-state index in [2.05, 4.69) is 19.9 Å². The lowest BCUT2D eigenvalue weighted by Gasteiger charge is -2.13. The summed E-state index contributed by atoms with van der Waals surface area (Å²) in [6.45, 7) is 4.42. The molecule has 0 heterocycles. The molecule has 0 spiro atoms. The maximum atomic E-state index is 9.42. The van der Waals surface area contributed by atoms with Gasteiger partial charge in [0.2, 0.25) is 0 Å². The summed E-state index contributed by atoms with van der Waals surface area (Å²) in [6, 6.07) is 4.11. The van der Waals surface area contributed by atoms with E-state index in [0.29, 0.717) is 12.3 Å². The van der Waals surface area contributed by atoms with E-state index < -0.39 is 6.10 Å². The van der Waals surface area contributed by atoms with Gasteiger partial charge < -0.3 is 15.6 Å². The van der Waals surface area contributed by atoms with Gasteiger partial charge in [0.15, 0.2) is 0 Å². The maximum absolute atomic E-state index is 9.42. The number of benzene rings is 1. The second-order valence-electron chi connectivity index (χ2n) is 3.79. The highest BCUT2D eigenvalue weighted by Gasteiger charge is 2.09. The van der Waals surface area contributed by atoms with E-state index in [1.54, 1.807) is 18.9 Å². The highest BCUT2D eigenvalue weighted by atomic mass is 32.2. The summed E-state index contributed by atoms with van der Waals surface area (Å²) in [7, 11) is 1.66. The number of methoxy groups -OCH3 is 1. The van der Waals surface area contributed by atoms with E-state index in [0.717, 1.165) is 10.6 Å². The van der Waals surface area contributed by atoms with Crippen molar-refractivity contribution in [3.05, 3.63) is 23.3 Å². The van der Waals surface area contributed by atoms with E-state index in [1.165, 1.54) is 11.1 Å². The molecule has 0 aromatic heterocycles. The molecule has 0 amide bonds. The van der Waals surface area contributed by atoms with Gasteiger partial charge in [-0.05, 0) is 37.1 Å². The zero-order valence-corrected chi connectivity index (χ0v) is 10.8. The third-order valence-electron chi connectivity index (χ3n) is 2.48. The summed E-state index contributed by atoms with van der Waals surface area (Å²) in [5, 5.41) is 9.42. The molecule has 0 saturated carbocycles. The van der Waals surface area contributed by atoms with Gasteiger partial charge in [0.05, 0.1) is 13.2 Å². The van der Waals surface area contributed by atoms with Crippen LogP contribution >= 0.6 is 11.8 Å². The molecule has 1 unspecified atom stereocenters. The largest absolute Gasteiger partial charge is 0.496 e. The normalized spacial score (nSPS) is 12.6. The minimum atomic E-state index is -0.462. The molecule has 4 heteroatoms. The van der Waals surface area contributed by atoms with Crippen molar-refractivity contribution < 1.29 is 9.84 Å². The lowest BCUT2D eigenvalue weighted by atomic mass is 10.1. The van der Waals surface area contributed by atoms with Crippen LogP contribution in [0.1, 0.15) is 11.1 Å². The number of nitrogens with two attached hydrogens (primary N) is 1. The van der Waals surface area contributed by atoms with Crippen LogP contribution < -0.4 is 10.5 Å². The van der Waals surface area contributed by atoms with Crippen LogP contribution in [0, 0.1) is 13.8 Å². The molecule has 0 aliphatic carbocycles. The van der Waals surface area contributed by atoms with Crippen LogP contribution in [0.4, 0.5) is 0 Å². The Labute approximate surface area is 101 Å². The van der Waals surface area contributed by atoms with Crippen LogP contribution in [0.25, 0.3) is 0 Å². The summed E-state index contributed by atoms with van der Waals surface area (Å²) in [4.78, 5) is 1.05. The molecule has 1 rings (SSSR count). The number of aliphatic hydroxyl groups excluding tert-OH is 1. The Hall–Kier alpha value is -0.710. The number of aryl methyl sites for hydroxylation is 2. The van der Waals surface area contributed by atoms with Crippen LogP contribution in [-0.4, -0.2) is 30.6 Å². The van der Waals surface area contributed by atoms with Crippen molar-refractivity contribution in [2.45, 2.75) is 24.8 Å². The first-order valence-corrected chi connectivity index (χ1v) is 6.23. The van der Waals surface area contributed by atoms with Gasteiger partial charge in [-0.2, -0.15) is 0 Å². The fourth-order valence-corrected chi connectivity index (χ4v) is 2.34. The number of hydrogen-bond acceptors (Lipinski definition) is 4. The van der Waals surface area contributed by atoms with Gasteiger partial charge in [0, 0.05) is 17.2 Å². The Morgan fingerprint density at radius 3 is 2.56 bits per heavy atom. The Kier molecular flexibility index (Phi) is 5.12. The molecule has 0 fully saturated rings. The molecular formula is C12H19NO2S. The molecule has 90 valence electrons. The van der Waals surface area contributed by atoms with E-state index in [9.17, 15) is 5.11 Å². The maximum Gasteiger partial charge on any atom is 0.132 e. The van der Waals surface area contributed by atoms with Crippen molar-refractivity contribution in [3.8, 4) is 5.75 Å². The Morgan fingerprint density at radius 1 is 1.38 bits per heavy atom. The second-order valence-corrected chi connectivity index (χ2v) is 4.85. The molecule has 16 heavy (non-hydrogen) atoms. The van der Waals surface area contributed by atoms with Gasteiger partial charge >= 0.3 is 0 Å². The summed E-state index contributed by atoms with van der Waals surface area (Å²) < 4.78 is 5.31. The van der Waals surface area contributed by atoms with E-state index in [1.807, 2.05) is 6.07 Å². The van der Waals surface area contributed by atoms with Gasteiger partial charge in [-0.25, -0.2) is 0 Å². The molecular weight excluding hydrogens is 222 g/mol. The smallest absolute Gasteiger partial charge is 0.132 e. The van der Waals surface area contributed by atoms with Gasteiger partial charge in [-0.15, -0.1) is 11.8 Å². The monoisotopic (exact) mass is 241 g/mol. The van der Waals surface area contributed by atoms with E-state index in [4.69, 9.17) is 10.5 Å². The van der Waals surface area contributed by atoms with Crippen LogP contribution in [-0.2, 0) is 0 Å². The molecule has 0 radical (unpaired) electrons. The second kappa shape index (κ2) is 6.13. The Balaban J connectivity index is 2.81. The third kappa shape index (κ3) is 3.40. The molecule has 1 atom stereocenters. The number of aliphatic hydroxyl groups is 1. The zero-order chi connectivity index (χ0) is 12.1. The minimum Gasteiger partial charge on any atom is -0.496 e. The molecule has 0 aliphatic heterocycles. The molecule has 1 aromatic carbocycles. The quantitative estimate of drug-likeness (QED) is 0.771. The van der Waals surface area contributed by atoms with Crippen molar-refractivity contribution in [1.82, 2.24) is 0 Å². The van der Waals surface area contributed by atoms with E-state index in [-0.39, 0.29) is 0 Å². The van der Waals surface area contributed by atoms with Crippen LogP contribution in [0.15, 0.2) is 17.0 Å². The van der Waals surface area contributed by atoms with Crippen molar-refractivity contribution in [2.24, 2.45) is 5.73 Å². The molecule has 0 saturated heterocycles. The van der Waals surface area contributed by atoms with Crippen molar-refractivity contribution in [1.29, 1.82) is 0 Å². The average Bonchev–Trinajstić information content (AvgIpc) is 2.29. The SMILES string of the molecule is COc1cc(C)c(C)cc1SCC(O)CN. The summed E-state index contributed by atoms with van der Waals surface area (Å²) >= 11 is 1.57. The van der Waals surface area contributed by atoms with Gasteiger partial charge in [0.25, 0.3) is 0 Å². The van der Waals surface area contributed by atoms with Crippen LogP contribution in [0.5, 0.6) is 5.75 Å². The first-order chi connectivity index (χ1) is 7.58. The third-order valence-corrected chi connectivity index (χ3v) is 3.66. The van der Waals surface area contributed by atoms with Gasteiger partial charge in [-0.1, -0.05) is 0 Å². The zero-order valence-electron chi connectivity index (χ0n) is 9.99. The number of rotatable bonds is 5.